The van der Waals surface area contributed by atoms with Crippen LogP contribution in [0.3, 0.4) is 0 Å². The fraction of sp³-hybridized carbons (Fsp3) is 0.462. The molecule has 102 valence electrons. The maximum absolute atomic E-state index is 12.1. The van der Waals surface area contributed by atoms with Crippen LogP contribution in [0.15, 0.2) is 18.3 Å². The van der Waals surface area contributed by atoms with Crippen LogP contribution in [0.4, 0.5) is 5.69 Å². The minimum Gasteiger partial charge on any atom is -0.480 e. The highest BCUT2D eigenvalue weighted by Gasteiger charge is 2.41. The third kappa shape index (κ3) is 2.67. The molecule has 0 radical (unpaired) electrons. The summed E-state index contributed by atoms with van der Waals surface area (Å²) in [5.74, 6) is -1.52. The molecule has 1 aliphatic carbocycles. The molecule has 2 rings (SSSR count). The van der Waals surface area contributed by atoms with E-state index in [-0.39, 0.29) is 11.4 Å². The van der Waals surface area contributed by atoms with Crippen molar-refractivity contribution in [3.05, 3.63) is 24.0 Å². The SMILES string of the molecule is Nc1cccnc1C(=O)NC1(C(=O)O)CCCCC1. The molecule has 0 unspecified atom stereocenters. The van der Waals surface area contributed by atoms with Gasteiger partial charge in [-0.25, -0.2) is 9.78 Å². The molecule has 1 saturated carbocycles. The fourth-order valence-corrected chi connectivity index (χ4v) is 2.43. The molecule has 0 bridgehead atoms. The number of carboxylic acids is 1. The first-order valence-electron chi connectivity index (χ1n) is 6.31. The minimum atomic E-state index is -1.18. The van der Waals surface area contributed by atoms with Crippen LogP contribution < -0.4 is 11.1 Å². The Morgan fingerprint density at radius 1 is 1.32 bits per heavy atom. The van der Waals surface area contributed by atoms with Gasteiger partial charge in [0.15, 0.2) is 5.69 Å². The molecule has 0 aromatic carbocycles. The highest BCUT2D eigenvalue weighted by Crippen LogP contribution is 2.29. The van der Waals surface area contributed by atoms with Gasteiger partial charge in [0.2, 0.25) is 0 Å². The number of aromatic nitrogens is 1. The van der Waals surface area contributed by atoms with E-state index >= 15 is 0 Å². The first kappa shape index (κ1) is 13.3. The van der Waals surface area contributed by atoms with Crippen LogP contribution in [0.5, 0.6) is 0 Å². The third-order valence-corrected chi connectivity index (χ3v) is 3.52. The van der Waals surface area contributed by atoms with Gasteiger partial charge < -0.3 is 16.2 Å². The third-order valence-electron chi connectivity index (χ3n) is 3.52. The van der Waals surface area contributed by atoms with Gasteiger partial charge in [0.25, 0.3) is 5.91 Å². The summed E-state index contributed by atoms with van der Waals surface area (Å²) >= 11 is 0. The smallest absolute Gasteiger partial charge is 0.329 e. The van der Waals surface area contributed by atoms with Crippen LogP contribution in [0.1, 0.15) is 42.6 Å². The Labute approximate surface area is 111 Å². The van der Waals surface area contributed by atoms with Crippen molar-refractivity contribution in [3.63, 3.8) is 0 Å². The van der Waals surface area contributed by atoms with E-state index in [0.29, 0.717) is 12.8 Å². The second-order valence-electron chi connectivity index (χ2n) is 4.84. The maximum Gasteiger partial charge on any atom is 0.329 e. The van der Waals surface area contributed by atoms with Gasteiger partial charge in [-0.2, -0.15) is 0 Å². The molecule has 6 nitrogen and oxygen atoms in total. The predicted molar refractivity (Wildman–Crippen MR) is 69.6 cm³/mol. The van der Waals surface area contributed by atoms with E-state index in [2.05, 4.69) is 10.3 Å². The van der Waals surface area contributed by atoms with E-state index in [1.54, 1.807) is 12.1 Å². The predicted octanol–water partition coefficient (Wildman–Crippen LogP) is 1.18. The number of carboxylic acid groups (broad SMARTS) is 1. The van der Waals surface area contributed by atoms with Crippen molar-refractivity contribution in [2.75, 3.05) is 5.73 Å². The number of nitrogen functional groups attached to an aromatic ring is 1. The first-order chi connectivity index (χ1) is 9.05. The number of hydrogen-bond acceptors (Lipinski definition) is 4. The summed E-state index contributed by atoms with van der Waals surface area (Å²) in [6, 6.07) is 3.19. The van der Waals surface area contributed by atoms with Crippen LogP contribution in [-0.2, 0) is 4.79 Å². The number of carbonyl (C=O) groups excluding carboxylic acids is 1. The van der Waals surface area contributed by atoms with Crippen molar-refractivity contribution >= 4 is 17.6 Å². The number of nitrogens with one attached hydrogen (secondary N) is 1. The van der Waals surface area contributed by atoms with Crippen LogP contribution in [0.2, 0.25) is 0 Å². The molecule has 1 aromatic rings. The van der Waals surface area contributed by atoms with E-state index in [1.165, 1.54) is 6.20 Å². The molecule has 0 atom stereocenters. The van der Waals surface area contributed by atoms with Gasteiger partial charge in [-0.05, 0) is 25.0 Å². The monoisotopic (exact) mass is 263 g/mol. The molecule has 1 aliphatic rings. The number of nitrogens with two attached hydrogens (primary N) is 1. The van der Waals surface area contributed by atoms with E-state index in [9.17, 15) is 14.7 Å². The second kappa shape index (κ2) is 5.26. The summed E-state index contributed by atoms with van der Waals surface area (Å²) in [4.78, 5) is 27.5. The molecule has 1 amide bonds. The Balaban J connectivity index is 2.20. The van der Waals surface area contributed by atoms with E-state index in [4.69, 9.17) is 5.73 Å². The summed E-state index contributed by atoms with van der Waals surface area (Å²) in [5.41, 5.74) is 4.82. The molecule has 0 spiro atoms. The lowest BCUT2D eigenvalue weighted by atomic mass is 9.81. The Bertz CT molecular complexity index is 496. The average molecular weight is 263 g/mol. The summed E-state index contributed by atoms with van der Waals surface area (Å²) in [7, 11) is 0. The molecular weight excluding hydrogens is 246 g/mol. The zero-order valence-electron chi connectivity index (χ0n) is 10.6. The van der Waals surface area contributed by atoms with Crippen LogP contribution in [-0.4, -0.2) is 27.5 Å². The summed E-state index contributed by atoms with van der Waals surface area (Å²) in [6.07, 6.45) is 4.94. The van der Waals surface area contributed by atoms with Gasteiger partial charge in [0, 0.05) is 6.20 Å². The van der Waals surface area contributed by atoms with Crippen molar-refractivity contribution < 1.29 is 14.7 Å². The second-order valence-corrected chi connectivity index (χ2v) is 4.84. The molecule has 1 aromatic heterocycles. The minimum absolute atomic E-state index is 0.0775. The zero-order valence-corrected chi connectivity index (χ0v) is 10.6. The van der Waals surface area contributed by atoms with Gasteiger partial charge in [-0.3, -0.25) is 4.79 Å². The van der Waals surface area contributed by atoms with E-state index in [1.807, 2.05) is 0 Å². The highest BCUT2D eigenvalue weighted by atomic mass is 16.4. The normalized spacial score (nSPS) is 17.7. The first-order valence-corrected chi connectivity index (χ1v) is 6.31. The van der Waals surface area contributed by atoms with Crippen LogP contribution in [0.25, 0.3) is 0 Å². The highest BCUT2D eigenvalue weighted by molar-refractivity contribution is 6.00. The van der Waals surface area contributed by atoms with Crippen molar-refractivity contribution in [3.8, 4) is 0 Å². The Hall–Kier alpha value is -2.11. The largest absolute Gasteiger partial charge is 0.480 e. The molecule has 19 heavy (non-hydrogen) atoms. The van der Waals surface area contributed by atoms with Gasteiger partial charge in [0.05, 0.1) is 5.69 Å². The van der Waals surface area contributed by atoms with Crippen molar-refractivity contribution in [1.82, 2.24) is 10.3 Å². The lowest BCUT2D eigenvalue weighted by Gasteiger charge is -2.33. The number of aliphatic carboxylic acids is 1. The number of carbonyl (C=O) groups is 2. The van der Waals surface area contributed by atoms with E-state index < -0.39 is 17.4 Å². The van der Waals surface area contributed by atoms with Crippen molar-refractivity contribution in [2.24, 2.45) is 0 Å². The Morgan fingerprint density at radius 3 is 2.58 bits per heavy atom. The van der Waals surface area contributed by atoms with Gasteiger partial charge in [-0.15, -0.1) is 0 Å². The van der Waals surface area contributed by atoms with Crippen LogP contribution in [0, 0.1) is 0 Å². The number of pyridine rings is 1. The molecule has 1 fully saturated rings. The number of anilines is 1. The Morgan fingerprint density at radius 2 is 2.00 bits per heavy atom. The summed E-state index contributed by atoms with van der Waals surface area (Å²) in [5, 5.41) is 12.0. The van der Waals surface area contributed by atoms with Gasteiger partial charge in [0.1, 0.15) is 5.54 Å². The van der Waals surface area contributed by atoms with Crippen molar-refractivity contribution in [1.29, 1.82) is 0 Å². The lowest BCUT2D eigenvalue weighted by Crippen LogP contribution is -2.55. The van der Waals surface area contributed by atoms with Crippen molar-refractivity contribution in [2.45, 2.75) is 37.6 Å². The maximum atomic E-state index is 12.1. The molecule has 1 heterocycles. The standard InChI is InChI=1S/C13H17N3O3/c14-9-5-4-8-15-10(9)11(17)16-13(12(18)19)6-2-1-3-7-13/h4-5,8H,1-3,6-7,14H2,(H,16,17)(H,18,19). The zero-order chi connectivity index (χ0) is 13.9. The number of amides is 1. The number of hydrogen-bond donors (Lipinski definition) is 3. The summed E-state index contributed by atoms with van der Waals surface area (Å²) in [6.45, 7) is 0. The topological polar surface area (TPSA) is 105 Å². The van der Waals surface area contributed by atoms with Gasteiger partial charge in [-0.1, -0.05) is 19.3 Å². The molecule has 4 N–H and O–H groups in total. The molecule has 0 saturated heterocycles. The number of nitrogens with zero attached hydrogens (tertiary/aromatic N) is 1. The number of rotatable bonds is 3. The average Bonchev–Trinajstić information content (AvgIpc) is 2.40. The lowest BCUT2D eigenvalue weighted by molar-refractivity contribution is -0.145. The quantitative estimate of drug-likeness (QED) is 0.759. The van der Waals surface area contributed by atoms with Crippen LogP contribution >= 0.6 is 0 Å². The molecule has 6 heteroatoms. The fourth-order valence-electron chi connectivity index (χ4n) is 2.43. The molecule has 0 aliphatic heterocycles. The summed E-state index contributed by atoms with van der Waals surface area (Å²) < 4.78 is 0. The van der Waals surface area contributed by atoms with Gasteiger partial charge >= 0.3 is 5.97 Å². The Kier molecular flexibility index (Phi) is 3.69. The van der Waals surface area contributed by atoms with E-state index in [0.717, 1.165) is 19.3 Å². The molecular formula is C13H17N3O3.